The Morgan fingerprint density at radius 1 is 1.41 bits per heavy atom. The lowest BCUT2D eigenvalue weighted by Crippen LogP contribution is -2.52. The van der Waals surface area contributed by atoms with E-state index in [-0.39, 0.29) is 11.9 Å². The molecule has 0 bridgehead atoms. The van der Waals surface area contributed by atoms with E-state index in [1.54, 1.807) is 12.0 Å². The van der Waals surface area contributed by atoms with Gasteiger partial charge in [0.2, 0.25) is 0 Å². The second-order valence-electron chi connectivity index (χ2n) is 5.12. The molecule has 1 N–H and O–H groups in total. The summed E-state index contributed by atoms with van der Waals surface area (Å²) in [6, 6.07) is -0.262. The molecular weight excluding hydrogens is 220 g/mol. The number of ether oxygens (including phenoxy) is 1. The van der Waals surface area contributed by atoms with Gasteiger partial charge in [-0.2, -0.15) is 0 Å². The van der Waals surface area contributed by atoms with Crippen molar-refractivity contribution in [1.29, 1.82) is 0 Å². The van der Waals surface area contributed by atoms with Gasteiger partial charge in [-0.15, -0.1) is 0 Å². The summed E-state index contributed by atoms with van der Waals surface area (Å²) < 4.78 is 5.01. The van der Waals surface area contributed by atoms with E-state index in [1.165, 1.54) is 0 Å². The third kappa shape index (κ3) is 2.04. The molecule has 2 aliphatic rings. The zero-order valence-electron chi connectivity index (χ0n) is 10.5. The number of amides is 3. The third-order valence-corrected chi connectivity index (χ3v) is 4.03. The normalized spacial score (nSPS) is 33.3. The van der Waals surface area contributed by atoms with Crippen molar-refractivity contribution in [1.82, 2.24) is 10.2 Å². The topological polar surface area (TPSA) is 58.6 Å². The van der Waals surface area contributed by atoms with E-state index in [2.05, 4.69) is 12.2 Å². The van der Waals surface area contributed by atoms with Gasteiger partial charge in [-0.05, 0) is 31.6 Å². The van der Waals surface area contributed by atoms with Crippen LogP contribution in [-0.2, 0) is 9.53 Å². The minimum Gasteiger partial charge on any atom is -0.383 e. The van der Waals surface area contributed by atoms with Gasteiger partial charge < -0.3 is 9.64 Å². The van der Waals surface area contributed by atoms with Crippen LogP contribution in [0.1, 0.15) is 32.6 Å². The molecular formula is C12H20N2O3. The third-order valence-electron chi connectivity index (χ3n) is 4.03. The van der Waals surface area contributed by atoms with Gasteiger partial charge in [0.05, 0.1) is 6.61 Å². The Morgan fingerprint density at radius 3 is 2.65 bits per heavy atom. The largest absolute Gasteiger partial charge is 0.383 e. The Hall–Kier alpha value is -1.10. The number of nitrogens with one attached hydrogen (secondary N) is 1. The van der Waals surface area contributed by atoms with Crippen LogP contribution in [-0.4, -0.2) is 42.6 Å². The Kier molecular flexibility index (Phi) is 3.38. The van der Waals surface area contributed by atoms with Crippen molar-refractivity contribution in [3.05, 3.63) is 0 Å². The van der Waals surface area contributed by atoms with Gasteiger partial charge in [0.1, 0.15) is 5.54 Å². The number of imide groups is 1. The van der Waals surface area contributed by atoms with Gasteiger partial charge in [0.15, 0.2) is 0 Å². The average molecular weight is 240 g/mol. The summed E-state index contributed by atoms with van der Waals surface area (Å²) in [6.45, 7) is 3.15. The van der Waals surface area contributed by atoms with Crippen LogP contribution in [0.15, 0.2) is 0 Å². The molecule has 96 valence electrons. The molecule has 1 saturated heterocycles. The van der Waals surface area contributed by atoms with Gasteiger partial charge in [-0.3, -0.25) is 10.1 Å². The summed E-state index contributed by atoms with van der Waals surface area (Å²) in [5.74, 6) is 0.527. The highest BCUT2D eigenvalue weighted by Crippen LogP contribution is 2.39. The summed E-state index contributed by atoms with van der Waals surface area (Å²) in [7, 11) is 1.60. The van der Waals surface area contributed by atoms with E-state index in [4.69, 9.17) is 4.74 Å². The number of nitrogens with zero attached hydrogens (tertiary/aromatic N) is 1. The van der Waals surface area contributed by atoms with Crippen LogP contribution in [0.25, 0.3) is 0 Å². The van der Waals surface area contributed by atoms with Crippen molar-refractivity contribution < 1.29 is 14.3 Å². The molecule has 17 heavy (non-hydrogen) atoms. The Morgan fingerprint density at radius 2 is 2.06 bits per heavy atom. The zero-order valence-corrected chi connectivity index (χ0v) is 10.5. The molecule has 1 spiro atoms. The number of carbonyl (C=O) groups is 2. The zero-order chi connectivity index (χ0) is 12.5. The molecule has 0 aromatic carbocycles. The Balaban J connectivity index is 2.16. The van der Waals surface area contributed by atoms with Crippen LogP contribution in [0.4, 0.5) is 4.79 Å². The number of hydrogen-bond acceptors (Lipinski definition) is 3. The van der Waals surface area contributed by atoms with Crippen LogP contribution in [0.5, 0.6) is 0 Å². The minimum atomic E-state index is -0.595. The van der Waals surface area contributed by atoms with Crippen molar-refractivity contribution in [2.75, 3.05) is 20.3 Å². The van der Waals surface area contributed by atoms with Crippen molar-refractivity contribution in [3.8, 4) is 0 Å². The molecule has 0 aromatic rings. The van der Waals surface area contributed by atoms with Gasteiger partial charge in [0.25, 0.3) is 5.91 Å². The summed E-state index contributed by atoms with van der Waals surface area (Å²) in [5, 5.41) is 2.44. The molecule has 1 aliphatic heterocycles. The Labute approximate surface area is 101 Å². The second kappa shape index (κ2) is 4.64. The number of hydrogen-bond donors (Lipinski definition) is 1. The first-order valence-corrected chi connectivity index (χ1v) is 6.22. The molecule has 0 aromatic heterocycles. The van der Waals surface area contributed by atoms with E-state index in [1.807, 2.05) is 0 Å². The molecule has 1 saturated carbocycles. The minimum absolute atomic E-state index is 0.120. The van der Waals surface area contributed by atoms with Crippen molar-refractivity contribution in [3.63, 3.8) is 0 Å². The van der Waals surface area contributed by atoms with E-state index < -0.39 is 5.54 Å². The monoisotopic (exact) mass is 240 g/mol. The molecule has 1 aliphatic carbocycles. The van der Waals surface area contributed by atoms with E-state index in [0.717, 1.165) is 25.7 Å². The molecule has 5 nitrogen and oxygen atoms in total. The number of urea groups is 1. The number of methoxy groups -OCH3 is 1. The molecule has 5 heteroatoms. The smallest absolute Gasteiger partial charge is 0.325 e. The summed E-state index contributed by atoms with van der Waals surface area (Å²) in [6.07, 6.45) is 3.55. The first-order chi connectivity index (χ1) is 8.10. The lowest BCUT2D eigenvalue weighted by molar-refractivity contribution is -0.128. The van der Waals surface area contributed by atoms with Gasteiger partial charge in [-0.1, -0.05) is 6.92 Å². The second-order valence-corrected chi connectivity index (χ2v) is 5.12. The lowest BCUT2D eigenvalue weighted by Gasteiger charge is -2.40. The molecule has 2 fully saturated rings. The van der Waals surface area contributed by atoms with E-state index >= 15 is 0 Å². The number of carbonyl (C=O) groups excluding carboxylic acids is 2. The lowest BCUT2D eigenvalue weighted by atomic mass is 9.76. The standard InChI is InChI=1S/C12H20N2O3/c1-9-3-5-12(6-4-9)10(15)13-11(16)14(12)7-8-17-2/h9H,3-8H2,1-2H3,(H,13,15,16). The SMILES string of the molecule is COCCN1C(=O)NC(=O)C12CCC(C)CC2. The predicted molar refractivity (Wildman–Crippen MR) is 62.5 cm³/mol. The first-order valence-electron chi connectivity index (χ1n) is 6.22. The molecule has 0 unspecified atom stereocenters. The molecule has 0 atom stereocenters. The van der Waals surface area contributed by atoms with E-state index in [9.17, 15) is 9.59 Å². The van der Waals surface area contributed by atoms with Crippen molar-refractivity contribution in [2.45, 2.75) is 38.1 Å². The maximum Gasteiger partial charge on any atom is 0.325 e. The van der Waals surface area contributed by atoms with Crippen LogP contribution in [0.2, 0.25) is 0 Å². The van der Waals surface area contributed by atoms with Gasteiger partial charge in [-0.25, -0.2) is 4.79 Å². The maximum atomic E-state index is 12.0. The van der Waals surface area contributed by atoms with Crippen LogP contribution < -0.4 is 5.32 Å². The molecule has 0 radical (unpaired) electrons. The molecule has 1 heterocycles. The average Bonchev–Trinajstić information content (AvgIpc) is 2.53. The highest BCUT2D eigenvalue weighted by atomic mass is 16.5. The van der Waals surface area contributed by atoms with Crippen molar-refractivity contribution in [2.24, 2.45) is 5.92 Å². The van der Waals surface area contributed by atoms with Crippen LogP contribution >= 0.6 is 0 Å². The van der Waals surface area contributed by atoms with Crippen LogP contribution in [0, 0.1) is 5.92 Å². The predicted octanol–water partition coefficient (Wildman–Crippen LogP) is 1.13. The maximum absolute atomic E-state index is 12.0. The molecule has 2 rings (SSSR count). The highest BCUT2D eigenvalue weighted by Gasteiger charge is 2.53. The van der Waals surface area contributed by atoms with E-state index in [0.29, 0.717) is 19.1 Å². The summed E-state index contributed by atoms with van der Waals surface area (Å²) >= 11 is 0. The first kappa shape index (κ1) is 12.4. The van der Waals surface area contributed by atoms with Crippen LogP contribution in [0.3, 0.4) is 0 Å². The fraction of sp³-hybridized carbons (Fsp3) is 0.833. The fourth-order valence-electron chi connectivity index (χ4n) is 2.83. The van der Waals surface area contributed by atoms with Gasteiger partial charge in [0, 0.05) is 13.7 Å². The quantitative estimate of drug-likeness (QED) is 0.752. The molecule has 3 amide bonds. The summed E-state index contributed by atoms with van der Waals surface area (Å²) in [5.41, 5.74) is -0.595. The highest BCUT2D eigenvalue weighted by molar-refractivity contribution is 6.07. The summed E-state index contributed by atoms with van der Waals surface area (Å²) in [4.78, 5) is 25.5. The van der Waals surface area contributed by atoms with Crippen molar-refractivity contribution >= 4 is 11.9 Å². The van der Waals surface area contributed by atoms with Gasteiger partial charge >= 0.3 is 6.03 Å². The fourth-order valence-corrected chi connectivity index (χ4v) is 2.83. The number of rotatable bonds is 3. The Bertz CT molecular complexity index is 322.